The lowest BCUT2D eigenvalue weighted by atomic mass is 9.99. The molecule has 3 rings (SSSR count). The van der Waals surface area contributed by atoms with Crippen LogP contribution in [-0.4, -0.2) is 48.8 Å². The predicted octanol–water partition coefficient (Wildman–Crippen LogP) is 1.98. The van der Waals surface area contributed by atoms with Gasteiger partial charge in [-0.3, -0.25) is 0 Å². The van der Waals surface area contributed by atoms with Crippen LogP contribution in [0.3, 0.4) is 0 Å². The van der Waals surface area contributed by atoms with Gasteiger partial charge in [0.25, 0.3) is 0 Å². The fourth-order valence-electron chi connectivity index (χ4n) is 3.20. The fourth-order valence-corrected chi connectivity index (χ4v) is 3.20. The number of nitrogens with zero attached hydrogens (tertiary/aromatic N) is 2. The molecule has 2 heterocycles. The van der Waals surface area contributed by atoms with Crippen molar-refractivity contribution in [3.63, 3.8) is 0 Å². The van der Waals surface area contributed by atoms with Crippen LogP contribution in [0.25, 0.3) is 0 Å². The molecule has 5 heteroatoms. The lowest BCUT2D eigenvalue weighted by Crippen LogP contribution is -2.45. The summed E-state index contributed by atoms with van der Waals surface area (Å²) in [5, 5.41) is 12.2. The highest BCUT2D eigenvalue weighted by atomic mass is 16.3. The van der Waals surface area contributed by atoms with Crippen molar-refractivity contribution in [2.45, 2.75) is 19.4 Å². The molecule has 2 N–H and O–H groups in total. The number of amides is 2. The van der Waals surface area contributed by atoms with Crippen LogP contribution in [0.1, 0.15) is 18.4 Å². The summed E-state index contributed by atoms with van der Waals surface area (Å²) in [7, 11) is 0. The summed E-state index contributed by atoms with van der Waals surface area (Å²) >= 11 is 0. The minimum absolute atomic E-state index is 0.0315. The number of carbonyl (C=O) groups is 1. The molecule has 1 saturated heterocycles. The Labute approximate surface area is 137 Å². The van der Waals surface area contributed by atoms with Gasteiger partial charge in [0.1, 0.15) is 0 Å². The number of urea groups is 1. The smallest absolute Gasteiger partial charge is 0.317 e. The molecule has 1 aromatic carbocycles. The highest BCUT2D eigenvalue weighted by molar-refractivity contribution is 5.74. The molecule has 2 amide bonds. The van der Waals surface area contributed by atoms with Crippen LogP contribution in [0.5, 0.6) is 0 Å². The number of likely N-dealkylation sites (tertiary alicyclic amines) is 1. The number of piperidine rings is 1. The van der Waals surface area contributed by atoms with Crippen molar-refractivity contribution in [1.29, 1.82) is 0 Å². The molecular weight excluding hydrogens is 290 g/mol. The zero-order valence-electron chi connectivity index (χ0n) is 13.4. The number of rotatable bonds is 4. The molecule has 1 fully saturated rings. The van der Waals surface area contributed by atoms with Crippen LogP contribution in [-0.2, 0) is 6.54 Å². The molecule has 0 aromatic heterocycles. The number of anilines is 1. The molecule has 0 saturated carbocycles. The molecule has 0 aliphatic carbocycles. The van der Waals surface area contributed by atoms with E-state index in [1.165, 1.54) is 5.69 Å². The van der Waals surface area contributed by atoms with Crippen molar-refractivity contribution < 1.29 is 9.90 Å². The molecule has 1 aromatic rings. The maximum Gasteiger partial charge on any atom is 0.317 e. The molecule has 0 bridgehead atoms. The Morgan fingerprint density at radius 1 is 1.22 bits per heavy atom. The Balaban J connectivity index is 1.48. The predicted molar refractivity (Wildman–Crippen MR) is 91.4 cm³/mol. The van der Waals surface area contributed by atoms with E-state index in [0.717, 1.165) is 38.0 Å². The first kappa shape index (κ1) is 15.9. The van der Waals surface area contributed by atoms with E-state index in [0.29, 0.717) is 13.1 Å². The Bertz CT molecular complexity index is 548. The van der Waals surface area contributed by atoms with Gasteiger partial charge in [-0.05, 0) is 36.5 Å². The largest absolute Gasteiger partial charge is 0.396 e. The van der Waals surface area contributed by atoms with Crippen LogP contribution >= 0.6 is 0 Å². The first-order valence-electron chi connectivity index (χ1n) is 8.39. The first-order valence-corrected chi connectivity index (χ1v) is 8.39. The van der Waals surface area contributed by atoms with Gasteiger partial charge in [-0.25, -0.2) is 4.79 Å². The summed E-state index contributed by atoms with van der Waals surface area (Å²) in [4.78, 5) is 16.3. The van der Waals surface area contributed by atoms with E-state index >= 15 is 0 Å². The second-order valence-electron chi connectivity index (χ2n) is 6.34. The summed E-state index contributed by atoms with van der Waals surface area (Å²) in [5.74, 6) is 0.225. The van der Waals surface area contributed by atoms with Crippen LogP contribution in [0.2, 0.25) is 0 Å². The molecule has 1 atom stereocenters. The standard InChI is InChI=1S/C18H25N3O2/c22-14-16-4-3-11-21(13-16)18(23)19-12-15-5-7-17(8-6-15)20-9-1-2-10-20/h1-2,5-8,16,22H,3-4,9-14H2,(H,19,23). The minimum Gasteiger partial charge on any atom is -0.396 e. The molecule has 23 heavy (non-hydrogen) atoms. The highest BCUT2D eigenvalue weighted by Crippen LogP contribution is 2.18. The fraction of sp³-hybridized carbons (Fsp3) is 0.500. The Hall–Kier alpha value is -2.01. The maximum atomic E-state index is 12.2. The van der Waals surface area contributed by atoms with Crippen LogP contribution in [0, 0.1) is 5.92 Å². The quantitative estimate of drug-likeness (QED) is 0.835. The third-order valence-corrected chi connectivity index (χ3v) is 4.63. The van der Waals surface area contributed by atoms with E-state index in [1.54, 1.807) is 0 Å². The van der Waals surface area contributed by atoms with Gasteiger partial charge < -0.3 is 20.2 Å². The number of aliphatic hydroxyl groups excluding tert-OH is 1. The topological polar surface area (TPSA) is 55.8 Å². The van der Waals surface area contributed by atoms with E-state index in [9.17, 15) is 9.90 Å². The molecule has 0 radical (unpaired) electrons. The number of carbonyl (C=O) groups excluding carboxylic acids is 1. The van der Waals surface area contributed by atoms with Gasteiger partial charge in [0, 0.05) is 45.0 Å². The SMILES string of the molecule is O=C(NCc1ccc(N2CC=CC2)cc1)N1CCCC(CO)C1. The van der Waals surface area contributed by atoms with E-state index in [-0.39, 0.29) is 18.6 Å². The lowest BCUT2D eigenvalue weighted by Gasteiger charge is -2.31. The van der Waals surface area contributed by atoms with Crippen LogP contribution in [0.15, 0.2) is 36.4 Å². The van der Waals surface area contributed by atoms with Crippen molar-refractivity contribution in [3.8, 4) is 0 Å². The number of aliphatic hydroxyl groups is 1. The average molecular weight is 315 g/mol. The summed E-state index contributed by atoms with van der Waals surface area (Å²) in [6.07, 6.45) is 6.32. The van der Waals surface area contributed by atoms with Crippen molar-refractivity contribution in [1.82, 2.24) is 10.2 Å². The van der Waals surface area contributed by atoms with Crippen molar-refractivity contribution >= 4 is 11.7 Å². The molecule has 0 spiro atoms. The molecular formula is C18H25N3O2. The molecule has 124 valence electrons. The number of nitrogens with one attached hydrogen (secondary N) is 1. The van der Waals surface area contributed by atoms with Gasteiger partial charge in [-0.15, -0.1) is 0 Å². The van der Waals surface area contributed by atoms with Gasteiger partial charge in [-0.1, -0.05) is 24.3 Å². The Morgan fingerprint density at radius 2 is 1.96 bits per heavy atom. The maximum absolute atomic E-state index is 12.2. The molecule has 5 nitrogen and oxygen atoms in total. The van der Waals surface area contributed by atoms with Crippen molar-refractivity contribution in [2.24, 2.45) is 5.92 Å². The average Bonchev–Trinajstić information content (AvgIpc) is 3.15. The van der Waals surface area contributed by atoms with Crippen molar-refractivity contribution in [3.05, 3.63) is 42.0 Å². The van der Waals surface area contributed by atoms with Gasteiger partial charge in [0.2, 0.25) is 0 Å². The van der Waals surface area contributed by atoms with E-state index in [1.807, 2.05) is 4.90 Å². The highest BCUT2D eigenvalue weighted by Gasteiger charge is 2.22. The third-order valence-electron chi connectivity index (χ3n) is 4.63. The van der Waals surface area contributed by atoms with E-state index in [2.05, 4.69) is 46.6 Å². The molecule has 2 aliphatic heterocycles. The normalized spacial score (nSPS) is 20.8. The lowest BCUT2D eigenvalue weighted by molar-refractivity contribution is 0.129. The van der Waals surface area contributed by atoms with Gasteiger partial charge >= 0.3 is 6.03 Å². The molecule has 2 aliphatic rings. The van der Waals surface area contributed by atoms with Gasteiger partial charge in [0.15, 0.2) is 0 Å². The summed E-state index contributed by atoms with van der Waals surface area (Å²) in [6, 6.07) is 8.33. The summed E-state index contributed by atoms with van der Waals surface area (Å²) in [6.45, 7) is 4.08. The summed E-state index contributed by atoms with van der Waals surface area (Å²) < 4.78 is 0. The number of hydrogen-bond donors (Lipinski definition) is 2. The summed E-state index contributed by atoms with van der Waals surface area (Å²) in [5.41, 5.74) is 2.32. The Morgan fingerprint density at radius 3 is 2.65 bits per heavy atom. The van der Waals surface area contributed by atoms with Crippen LogP contribution in [0.4, 0.5) is 10.5 Å². The third kappa shape index (κ3) is 4.05. The zero-order valence-corrected chi connectivity index (χ0v) is 13.4. The van der Waals surface area contributed by atoms with E-state index < -0.39 is 0 Å². The molecule has 1 unspecified atom stereocenters. The second-order valence-corrected chi connectivity index (χ2v) is 6.34. The monoisotopic (exact) mass is 315 g/mol. The minimum atomic E-state index is -0.0315. The van der Waals surface area contributed by atoms with Crippen LogP contribution < -0.4 is 10.2 Å². The van der Waals surface area contributed by atoms with E-state index in [4.69, 9.17) is 0 Å². The second kappa shape index (κ2) is 7.51. The first-order chi connectivity index (χ1) is 11.3. The van der Waals surface area contributed by atoms with Gasteiger partial charge in [-0.2, -0.15) is 0 Å². The van der Waals surface area contributed by atoms with Gasteiger partial charge in [0.05, 0.1) is 0 Å². The van der Waals surface area contributed by atoms with Crippen molar-refractivity contribution in [2.75, 3.05) is 37.7 Å². The Kier molecular flexibility index (Phi) is 5.18. The zero-order chi connectivity index (χ0) is 16.1. The number of benzene rings is 1. The number of hydrogen-bond acceptors (Lipinski definition) is 3.